The molecule has 8 nitrogen and oxygen atoms in total. The number of amides is 3. The Bertz CT molecular complexity index is 724. The number of H-pyrrole nitrogens is 1. The average Bonchev–Trinajstić information content (AvgIpc) is 3.25. The van der Waals surface area contributed by atoms with Crippen molar-refractivity contribution >= 4 is 11.9 Å². The summed E-state index contributed by atoms with van der Waals surface area (Å²) in [7, 11) is 0. The maximum absolute atomic E-state index is 12.3. The molecule has 3 fully saturated rings. The van der Waals surface area contributed by atoms with Crippen molar-refractivity contribution in [3.63, 3.8) is 0 Å². The Balaban J connectivity index is 1.33. The van der Waals surface area contributed by atoms with Crippen molar-refractivity contribution in [3.05, 3.63) is 11.6 Å². The topological polar surface area (TPSA) is 94.2 Å². The van der Waals surface area contributed by atoms with Gasteiger partial charge in [-0.15, -0.1) is 0 Å². The molecule has 0 bridgehead atoms. The first kappa shape index (κ1) is 19.4. The molecule has 0 aromatic carbocycles. The first-order chi connectivity index (χ1) is 13.4. The molecule has 1 aliphatic carbocycles. The monoisotopic (exact) mass is 388 g/mol. The predicted molar refractivity (Wildman–Crippen MR) is 105 cm³/mol. The van der Waals surface area contributed by atoms with E-state index in [2.05, 4.69) is 20.4 Å². The highest BCUT2D eigenvalue weighted by Crippen LogP contribution is 2.32. The van der Waals surface area contributed by atoms with E-state index in [1.807, 2.05) is 0 Å². The number of carbonyl (C=O) groups is 2. The summed E-state index contributed by atoms with van der Waals surface area (Å²) in [5.41, 5.74) is -0.796. The van der Waals surface area contributed by atoms with Crippen molar-refractivity contribution in [2.24, 2.45) is 0 Å². The van der Waals surface area contributed by atoms with Crippen LogP contribution in [0.15, 0.2) is 0 Å². The molecule has 3 heterocycles. The third-order valence-corrected chi connectivity index (χ3v) is 6.47. The van der Waals surface area contributed by atoms with Crippen molar-refractivity contribution in [3.8, 4) is 0 Å². The molecule has 3 amide bonds. The molecule has 3 aliphatic rings. The van der Waals surface area contributed by atoms with Gasteiger partial charge in [-0.3, -0.25) is 14.8 Å². The lowest BCUT2D eigenvalue weighted by molar-refractivity contribution is -0.130. The van der Waals surface area contributed by atoms with Gasteiger partial charge in [0, 0.05) is 31.5 Å². The quantitative estimate of drug-likeness (QED) is 0.755. The van der Waals surface area contributed by atoms with E-state index in [9.17, 15) is 9.59 Å². The molecule has 0 radical (unpaired) electrons. The smallest absolute Gasteiger partial charge is 0.324 e. The van der Waals surface area contributed by atoms with Crippen LogP contribution in [-0.2, 0) is 4.79 Å². The Hall–Kier alpha value is -1.96. The van der Waals surface area contributed by atoms with E-state index < -0.39 is 5.54 Å². The van der Waals surface area contributed by atoms with Crippen molar-refractivity contribution in [2.45, 2.75) is 76.2 Å². The number of aromatic nitrogens is 3. The van der Waals surface area contributed by atoms with Crippen LogP contribution in [0.2, 0.25) is 0 Å². The summed E-state index contributed by atoms with van der Waals surface area (Å²) < 4.78 is 0. The minimum Gasteiger partial charge on any atom is -0.324 e. The maximum atomic E-state index is 12.3. The molecular formula is C20H32N6O2. The molecule has 1 atom stereocenters. The Morgan fingerprint density at radius 3 is 2.50 bits per heavy atom. The zero-order chi connectivity index (χ0) is 19.7. The Labute approximate surface area is 166 Å². The standard InChI is InChI=1S/C20H32N6O2/c1-20(2)18(27)26(19(28)22-20)12-11-25-10-6-9-15(13-25)17-21-16(23-24-17)14-7-4-3-5-8-14/h14-15H,3-13H2,1-2H3,(H,22,28)(H,21,23,24)/t15-/m1/s1. The van der Waals surface area contributed by atoms with Crippen LogP contribution in [0.5, 0.6) is 0 Å². The number of hydrogen-bond donors (Lipinski definition) is 2. The van der Waals surface area contributed by atoms with E-state index >= 15 is 0 Å². The molecule has 0 unspecified atom stereocenters. The van der Waals surface area contributed by atoms with E-state index in [-0.39, 0.29) is 11.9 Å². The van der Waals surface area contributed by atoms with Gasteiger partial charge in [-0.05, 0) is 46.1 Å². The van der Waals surface area contributed by atoms with Crippen LogP contribution in [0.3, 0.4) is 0 Å². The Kier molecular flexibility index (Phi) is 5.40. The highest BCUT2D eigenvalue weighted by Gasteiger charge is 2.44. The van der Waals surface area contributed by atoms with Crippen molar-refractivity contribution < 1.29 is 9.59 Å². The molecule has 154 valence electrons. The summed E-state index contributed by atoms with van der Waals surface area (Å²) in [4.78, 5) is 32.9. The van der Waals surface area contributed by atoms with Gasteiger partial charge in [0.1, 0.15) is 11.4 Å². The minimum absolute atomic E-state index is 0.142. The molecule has 4 rings (SSSR count). The number of likely N-dealkylation sites (tertiary alicyclic amines) is 1. The Morgan fingerprint density at radius 2 is 1.79 bits per heavy atom. The summed E-state index contributed by atoms with van der Waals surface area (Å²) >= 11 is 0. The van der Waals surface area contributed by atoms with Crippen LogP contribution in [-0.4, -0.2) is 68.6 Å². The van der Waals surface area contributed by atoms with Crippen LogP contribution in [0.4, 0.5) is 4.79 Å². The summed E-state index contributed by atoms with van der Waals surface area (Å²) in [6, 6.07) is -0.283. The average molecular weight is 389 g/mol. The van der Waals surface area contributed by atoms with E-state index in [1.165, 1.54) is 37.0 Å². The van der Waals surface area contributed by atoms with Gasteiger partial charge in [0.05, 0.1) is 0 Å². The summed E-state index contributed by atoms with van der Waals surface area (Å²) in [5.74, 6) is 2.71. The van der Waals surface area contributed by atoms with Gasteiger partial charge in [-0.2, -0.15) is 5.10 Å². The summed E-state index contributed by atoms with van der Waals surface area (Å²) in [6.45, 7) is 6.50. The molecule has 2 N–H and O–H groups in total. The molecule has 2 aliphatic heterocycles. The van der Waals surface area contributed by atoms with Crippen LogP contribution in [0.25, 0.3) is 0 Å². The van der Waals surface area contributed by atoms with Crippen LogP contribution in [0, 0.1) is 0 Å². The molecule has 8 heteroatoms. The third-order valence-electron chi connectivity index (χ3n) is 6.47. The van der Waals surface area contributed by atoms with Gasteiger partial charge in [-0.25, -0.2) is 9.78 Å². The number of rotatable bonds is 5. The fourth-order valence-electron chi connectivity index (χ4n) is 4.76. The molecule has 28 heavy (non-hydrogen) atoms. The summed E-state index contributed by atoms with van der Waals surface area (Å²) in [5, 5.41) is 10.5. The number of aromatic amines is 1. The number of imide groups is 1. The fraction of sp³-hybridized carbons (Fsp3) is 0.800. The van der Waals surface area contributed by atoms with Crippen molar-refractivity contribution in [1.29, 1.82) is 0 Å². The number of nitrogens with zero attached hydrogens (tertiary/aromatic N) is 4. The predicted octanol–water partition coefficient (Wildman–Crippen LogP) is 2.36. The number of piperidine rings is 1. The third kappa shape index (κ3) is 3.92. The zero-order valence-electron chi connectivity index (χ0n) is 17.0. The molecule has 0 spiro atoms. The number of urea groups is 1. The lowest BCUT2D eigenvalue weighted by atomic mass is 9.89. The number of nitrogens with one attached hydrogen (secondary N) is 2. The normalized spacial score (nSPS) is 26.6. The second kappa shape index (κ2) is 7.81. The van der Waals surface area contributed by atoms with E-state index in [0.29, 0.717) is 24.9 Å². The molecule has 2 saturated heterocycles. The van der Waals surface area contributed by atoms with Gasteiger partial charge in [0.25, 0.3) is 5.91 Å². The second-order valence-corrected chi connectivity index (χ2v) is 9.07. The first-order valence-electron chi connectivity index (χ1n) is 10.7. The molecule has 1 aromatic heterocycles. The molecule has 1 saturated carbocycles. The van der Waals surface area contributed by atoms with Gasteiger partial charge >= 0.3 is 6.03 Å². The highest BCUT2D eigenvalue weighted by molar-refractivity contribution is 6.06. The van der Waals surface area contributed by atoms with E-state index in [4.69, 9.17) is 4.98 Å². The fourth-order valence-corrected chi connectivity index (χ4v) is 4.76. The highest BCUT2D eigenvalue weighted by atomic mass is 16.2. The lowest BCUT2D eigenvalue weighted by Crippen LogP contribution is -2.43. The van der Waals surface area contributed by atoms with Crippen molar-refractivity contribution in [1.82, 2.24) is 30.3 Å². The SMILES string of the molecule is CC1(C)NC(=O)N(CCN2CCC[C@@H](c3n[nH]c(C4CCCCC4)n3)C2)C1=O. The van der Waals surface area contributed by atoms with Gasteiger partial charge in [0.15, 0.2) is 5.82 Å². The molecule has 1 aromatic rings. The van der Waals surface area contributed by atoms with Crippen molar-refractivity contribution in [2.75, 3.05) is 26.2 Å². The Morgan fingerprint density at radius 1 is 1.04 bits per heavy atom. The molecular weight excluding hydrogens is 356 g/mol. The number of hydrogen-bond acceptors (Lipinski definition) is 5. The van der Waals surface area contributed by atoms with Gasteiger partial charge < -0.3 is 10.2 Å². The first-order valence-corrected chi connectivity index (χ1v) is 10.7. The number of carbonyl (C=O) groups excluding carboxylic acids is 2. The minimum atomic E-state index is -0.796. The lowest BCUT2D eigenvalue weighted by Gasteiger charge is -2.32. The van der Waals surface area contributed by atoms with Crippen LogP contribution < -0.4 is 5.32 Å². The van der Waals surface area contributed by atoms with Gasteiger partial charge in [0.2, 0.25) is 0 Å². The largest absolute Gasteiger partial charge is 0.325 e. The van der Waals surface area contributed by atoms with E-state index in [0.717, 1.165) is 37.6 Å². The van der Waals surface area contributed by atoms with Crippen LogP contribution in [0.1, 0.15) is 82.3 Å². The van der Waals surface area contributed by atoms with E-state index in [1.54, 1.807) is 13.8 Å². The second-order valence-electron chi connectivity index (χ2n) is 9.07. The summed E-state index contributed by atoms with van der Waals surface area (Å²) in [6.07, 6.45) is 8.53. The van der Waals surface area contributed by atoms with Gasteiger partial charge in [-0.1, -0.05) is 19.3 Å². The van der Waals surface area contributed by atoms with Crippen LogP contribution >= 0.6 is 0 Å². The zero-order valence-corrected chi connectivity index (χ0v) is 17.0. The maximum Gasteiger partial charge on any atom is 0.325 e.